The van der Waals surface area contributed by atoms with Gasteiger partial charge in [-0.2, -0.15) is 0 Å². The smallest absolute Gasteiger partial charge is 0.224 e. The van der Waals surface area contributed by atoms with Gasteiger partial charge in [0, 0.05) is 30.9 Å². The molecule has 3 aromatic rings. The first-order valence-electron chi connectivity index (χ1n) is 12.8. The van der Waals surface area contributed by atoms with Crippen molar-refractivity contribution in [2.24, 2.45) is 0 Å². The van der Waals surface area contributed by atoms with Gasteiger partial charge in [0.25, 0.3) is 0 Å². The number of piperidine rings is 1. The number of anilines is 2. The highest BCUT2D eigenvalue weighted by Crippen LogP contribution is 2.41. The molecule has 1 amide bonds. The van der Waals surface area contributed by atoms with Crippen LogP contribution in [0.4, 0.5) is 15.8 Å². The van der Waals surface area contributed by atoms with Crippen LogP contribution in [0.25, 0.3) is 11.1 Å². The Hall–Kier alpha value is -3.18. The lowest BCUT2D eigenvalue weighted by Crippen LogP contribution is -2.43. The highest BCUT2D eigenvalue weighted by atomic mass is 19.1. The number of likely N-dealkylation sites (tertiary alicyclic amines) is 1. The quantitative estimate of drug-likeness (QED) is 0.446. The SMILES string of the molecule is CC(=O)N1c2ccc(-c3ccc(CN4CCCCC4)cc3)cc2[C@@H](Nc2ccc(F)cc2)C[C@H]1C. The summed E-state index contributed by atoms with van der Waals surface area (Å²) in [5, 5.41) is 3.58. The van der Waals surface area contributed by atoms with Crippen LogP contribution in [0.5, 0.6) is 0 Å². The third kappa shape index (κ3) is 5.25. The topological polar surface area (TPSA) is 35.6 Å². The fourth-order valence-corrected chi connectivity index (χ4v) is 5.59. The molecule has 2 atom stereocenters. The highest BCUT2D eigenvalue weighted by molar-refractivity contribution is 5.94. The Bertz CT molecular complexity index is 1170. The van der Waals surface area contributed by atoms with E-state index in [0.29, 0.717) is 0 Å². The first-order valence-corrected chi connectivity index (χ1v) is 12.8. The molecule has 2 aliphatic heterocycles. The van der Waals surface area contributed by atoms with Crippen LogP contribution in [0.3, 0.4) is 0 Å². The Labute approximate surface area is 207 Å². The van der Waals surface area contributed by atoms with Crippen molar-refractivity contribution in [1.82, 2.24) is 4.90 Å². The second kappa shape index (κ2) is 10.2. The Kier molecular flexibility index (Phi) is 6.87. The van der Waals surface area contributed by atoms with E-state index in [1.54, 1.807) is 19.1 Å². The van der Waals surface area contributed by atoms with E-state index in [1.165, 1.54) is 55.6 Å². The van der Waals surface area contributed by atoms with Crippen LogP contribution in [-0.4, -0.2) is 29.9 Å². The van der Waals surface area contributed by atoms with Gasteiger partial charge in [0.15, 0.2) is 0 Å². The van der Waals surface area contributed by atoms with Crippen LogP contribution in [-0.2, 0) is 11.3 Å². The van der Waals surface area contributed by atoms with Gasteiger partial charge in [-0.1, -0.05) is 36.8 Å². The van der Waals surface area contributed by atoms with Gasteiger partial charge in [-0.05, 0) is 97.9 Å². The number of hydrogen-bond acceptors (Lipinski definition) is 3. The first-order chi connectivity index (χ1) is 17.0. The second-order valence-electron chi connectivity index (χ2n) is 9.98. The number of nitrogens with one attached hydrogen (secondary N) is 1. The summed E-state index contributed by atoms with van der Waals surface area (Å²) in [6.07, 6.45) is 4.74. The summed E-state index contributed by atoms with van der Waals surface area (Å²) >= 11 is 0. The standard InChI is InChI=1S/C30H34FN3O/c1-21-18-29(32-27-13-11-26(31)12-14-27)28-19-25(10-15-30(28)34(21)22(2)35)24-8-6-23(7-9-24)20-33-16-4-3-5-17-33/h6-15,19,21,29,32H,3-5,16-18,20H2,1-2H3/t21-,29+/m1/s1. The average molecular weight is 472 g/mol. The number of benzene rings is 3. The van der Waals surface area contributed by atoms with Crippen LogP contribution in [0.15, 0.2) is 66.7 Å². The zero-order chi connectivity index (χ0) is 24.4. The molecular weight excluding hydrogens is 437 g/mol. The fourth-order valence-electron chi connectivity index (χ4n) is 5.59. The molecule has 0 spiro atoms. The van der Waals surface area contributed by atoms with Gasteiger partial charge < -0.3 is 10.2 Å². The Morgan fingerprint density at radius 3 is 2.31 bits per heavy atom. The molecule has 35 heavy (non-hydrogen) atoms. The van der Waals surface area contributed by atoms with Crippen LogP contribution in [0, 0.1) is 5.82 Å². The van der Waals surface area contributed by atoms with E-state index in [2.05, 4.69) is 59.6 Å². The molecule has 1 saturated heterocycles. The molecule has 182 valence electrons. The minimum Gasteiger partial charge on any atom is -0.378 e. The average Bonchev–Trinajstić information content (AvgIpc) is 2.86. The highest BCUT2D eigenvalue weighted by Gasteiger charge is 2.32. The normalized spacial score (nSPS) is 20.4. The van der Waals surface area contributed by atoms with Crippen molar-refractivity contribution in [2.75, 3.05) is 23.3 Å². The van der Waals surface area contributed by atoms with Gasteiger partial charge >= 0.3 is 0 Å². The van der Waals surface area contributed by atoms with E-state index in [0.717, 1.165) is 35.5 Å². The predicted molar refractivity (Wildman–Crippen MR) is 141 cm³/mol. The number of carbonyl (C=O) groups is 1. The lowest BCUT2D eigenvalue weighted by Gasteiger charge is -2.39. The molecule has 0 bridgehead atoms. The predicted octanol–water partition coefficient (Wildman–Crippen LogP) is 6.78. The first kappa shape index (κ1) is 23.6. The lowest BCUT2D eigenvalue weighted by atomic mass is 9.88. The van der Waals surface area contributed by atoms with Gasteiger partial charge in [0.05, 0.1) is 6.04 Å². The second-order valence-corrected chi connectivity index (χ2v) is 9.98. The summed E-state index contributed by atoms with van der Waals surface area (Å²) < 4.78 is 13.4. The van der Waals surface area contributed by atoms with Crippen molar-refractivity contribution >= 4 is 17.3 Å². The maximum absolute atomic E-state index is 13.4. The van der Waals surface area contributed by atoms with Crippen molar-refractivity contribution in [3.05, 3.63) is 83.7 Å². The molecular formula is C30H34FN3O. The number of rotatable bonds is 5. The number of fused-ring (bicyclic) bond motifs is 1. The van der Waals surface area contributed by atoms with Crippen LogP contribution in [0.2, 0.25) is 0 Å². The Balaban J connectivity index is 1.43. The molecule has 5 rings (SSSR count). The van der Waals surface area contributed by atoms with E-state index >= 15 is 0 Å². The molecule has 0 unspecified atom stereocenters. The van der Waals surface area contributed by atoms with Crippen molar-refractivity contribution in [2.45, 2.75) is 58.2 Å². The van der Waals surface area contributed by atoms with Crippen molar-refractivity contribution in [3.63, 3.8) is 0 Å². The number of amides is 1. The van der Waals surface area contributed by atoms with Crippen LogP contribution in [0.1, 0.15) is 56.7 Å². The molecule has 0 aliphatic carbocycles. The molecule has 5 heteroatoms. The van der Waals surface area contributed by atoms with E-state index in [9.17, 15) is 9.18 Å². The van der Waals surface area contributed by atoms with Gasteiger partial charge in [-0.3, -0.25) is 9.69 Å². The third-order valence-corrected chi connectivity index (χ3v) is 7.35. The minimum absolute atomic E-state index is 0.0272. The van der Waals surface area contributed by atoms with E-state index < -0.39 is 0 Å². The minimum atomic E-state index is -0.248. The molecule has 0 radical (unpaired) electrons. The van der Waals surface area contributed by atoms with Crippen LogP contribution >= 0.6 is 0 Å². The summed E-state index contributed by atoms with van der Waals surface area (Å²) in [7, 11) is 0. The summed E-state index contributed by atoms with van der Waals surface area (Å²) in [5.74, 6) is -0.199. The van der Waals surface area contributed by atoms with Crippen LogP contribution < -0.4 is 10.2 Å². The Morgan fingerprint density at radius 2 is 1.63 bits per heavy atom. The third-order valence-electron chi connectivity index (χ3n) is 7.35. The van der Waals surface area contributed by atoms with Gasteiger partial charge in [0.2, 0.25) is 5.91 Å². The number of halogens is 1. The molecule has 2 aliphatic rings. The largest absolute Gasteiger partial charge is 0.378 e. The fraction of sp³-hybridized carbons (Fsp3) is 0.367. The molecule has 1 N–H and O–H groups in total. The number of carbonyl (C=O) groups excluding carboxylic acids is 1. The molecule has 2 heterocycles. The van der Waals surface area contributed by atoms with E-state index in [-0.39, 0.29) is 23.8 Å². The summed E-state index contributed by atoms with van der Waals surface area (Å²) in [5.41, 5.74) is 6.57. The number of nitrogens with zero attached hydrogens (tertiary/aromatic N) is 2. The summed E-state index contributed by atoms with van der Waals surface area (Å²) in [6.45, 7) is 7.11. The monoisotopic (exact) mass is 471 g/mol. The number of hydrogen-bond donors (Lipinski definition) is 1. The van der Waals surface area contributed by atoms with Crippen molar-refractivity contribution < 1.29 is 9.18 Å². The molecule has 4 nitrogen and oxygen atoms in total. The Morgan fingerprint density at radius 1 is 0.943 bits per heavy atom. The van der Waals surface area contributed by atoms with Crippen molar-refractivity contribution in [3.8, 4) is 11.1 Å². The van der Waals surface area contributed by atoms with E-state index in [1.807, 2.05) is 4.90 Å². The van der Waals surface area contributed by atoms with Gasteiger partial charge in [-0.25, -0.2) is 4.39 Å². The summed E-state index contributed by atoms with van der Waals surface area (Å²) in [6, 6.07) is 21.8. The van der Waals surface area contributed by atoms with Gasteiger partial charge in [-0.15, -0.1) is 0 Å². The van der Waals surface area contributed by atoms with E-state index in [4.69, 9.17) is 0 Å². The molecule has 0 saturated carbocycles. The summed E-state index contributed by atoms with van der Waals surface area (Å²) in [4.78, 5) is 16.9. The van der Waals surface area contributed by atoms with Crippen molar-refractivity contribution in [1.29, 1.82) is 0 Å². The van der Waals surface area contributed by atoms with Gasteiger partial charge in [0.1, 0.15) is 5.82 Å². The maximum Gasteiger partial charge on any atom is 0.224 e. The lowest BCUT2D eigenvalue weighted by molar-refractivity contribution is -0.117. The molecule has 0 aromatic heterocycles. The molecule has 1 fully saturated rings. The zero-order valence-electron chi connectivity index (χ0n) is 20.6. The molecule has 3 aromatic carbocycles. The maximum atomic E-state index is 13.4. The zero-order valence-corrected chi connectivity index (χ0v) is 20.6.